The van der Waals surface area contributed by atoms with Crippen molar-refractivity contribution < 1.29 is 19.1 Å². The van der Waals surface area contributed by atoms with Gasteiger partial charge in [0.25, 0.3) is 0 Å². The molecular weight excluding hydrogens is 234 g/mol. The van der Waals surface area contributed by atoms with Crippen molar-refractivity contribution >= 4 is 17.6 Å². The summed E-state index contributed by atoms with van der Waals surface area (Å²) in [5, 5.41) is 2.72. The van der Waals surface area contributed by atoms with Crippen molar-refractivity contribution in [2.75, 3.05) is 26.1 Å². The Labute approximate surface area is 106 Å². The Bertz CT molecular complexity index is 417. The molecule has 0 spiro atoms. The van der Waals surface area contributed by atoms with Gasteiger partial charge in [-0.25, -0.2) is 4.79 Å². The zero-order valence-corrected chi connectivity index (χ0v) is 10.6. The SMILES string of the molecule is COCCCC(=O)Nc1cccc(C(=O)OC)c1. The third-order valence-electron chi connectivity index (χ3n) is 2.32. The molecule has 0 fully saturated rings. The summed E-state index contributed by atoms with van der Waals surface area (Å²) in [5.41, 5.74) is 0.993. The number of ether oxygens (including phenoxy) is 2. The van der Waals surface area contributed by atoms with Gasteiger partial charge >= 0.3 is 5.97 Å². The van der Waals surface area contributed by atoms with Gasteiger partial charge in [0.2, 0.25) is 5.91 Å². The molecule has 1 aromatic carbocycles. The van der Waals surface area contributed by atoms with Gasteiger partial charge in [0.15, 0.2) is 0 Å². The first-order valence-electron chi connectivity index (χ1n) is 5.64. The highest BCUT2D eigenvalue weighted by Gasteiger charge is 2.07. The van der Waals surface area contributed by atoms with Crippen LogP contribution in [-0.2, 0) is 14.3 Å². The summed E-state index contributed by atoms with van der Waals surface area (Å²) in [5.74, 6) is -0.528. The predicted octanol–water partition coefficient (Wildman–Crippen LogP) is 1.84. The Hall–Kier alpha value is -1.88. The van der Waals surface area contributed by atoms with Crippen LogP contribution in [0.5, 0.6) is 0 Å². The van der Waals surface area contributed by atoms with E-state index in [-0.39, 0.29) is 5.91 Å². The lowest BCUT2D eigenvalue weighted by atomic mass is 10.2. The first kappa shape index (κ1) is 14.2. The number of amides is 1. The second-order valence-corrected chi connectivity index (χ2v) is 3.72. The van der Waals surface area contributed by atoms with Crippen molar-refractivity contribution in [3.63, 3.8) is 0 Å². The maximum Gasteiger partial charge on any atom is 0.337 e. The molecule has 0 saturated carbocycles. The van der Waals surface area contributed by atoms with Gasteiger partial charge in [-0.2, -0.15) is 0 Å². The van der Waals surface area contributed by atoms with Gasteiger partial charge in [-0.3, -0.25) is 4.79 Å². The second-order valence-electron chi connectivity index (χ2n) is 3.72. The van der Waals surface area contributed by atoms with Crippen LogP contribution in [0.2, 0.25) is 0 Å². The molecule has 5 heteroatoms. The molecule has 0 aliphatic heterocycles. The van der Waals surface area contributed by atoms with Gasteiger partial charge in [-0.1, -0.05) is 6.07 Å². The third-order valence-corrected chi connectivity index (χ3v) is 2.32. The summed E-state index contributed by atoms with van der Waals surface area (Å²) >= 11 is 0. The Morgan fingerprint density at radius 2 is 2.06 bits per heavy atom. The van der Waals surface area contributed by atoms with E-state index in [2.05, 4.69) is 10.1 Å². The average Bonchev–Trinajstić information content (AvgIpc) is 2.38. The fourth-order valence-corrected chi connectivity index (χ4v) is 1.44. The van der Waals surface area contributed by atoms with E-state index in [0.717, 1.165) is 0 Å². The lowest BCUT2D eigenvalue weighted by Gasteiger charge is -2.06. The molecule has 0 saturated heterocycles. The number of anilines is 1. The van der Waals surface area contributed by atoms with E-state index in [1.54, 1.807) is 31.4 Å². The van der Waals surface area contributed by atoms with E-state index >= 15 is 0 Å². The Morgan fingerprint density at radius 3 is 2.72 bits per heavy atom. The van der Waals surface area contributed by atoms with Crippen LogP contribution in [0.15, 0.2) is 24.3 Å². The molecule has 0 bridgehead atoms. The summed E-state index contributed by atoms with van der Waals surface area (Å²) in [4.78, 5) is 22.9. The quantitative estimate of drug-likeness (QED) is 0.619. The van der Waals surface area contributed by atoms with Crippen LogP contribution in [0.25, 0.3) is 0 Å². The molecule has 0 unspecified atom stereocenters. The Kier molecular flexibility index (Phi) is 5.87. The van der Waals surface area contributed by atoms with E-state index in [0.29, 0.717) is 30.7 Å². The van der Waals surface area contributed by atoms with Gasteiger partial charge in [-0.05, 0) is 24.6 Å². The number of carbonyl (C=O) groups excluding carboxylic acids is 2. The number of carbonyl (C=O) groups is 2. The molecule has 0 aliphatic rings. The maximum absolute atomic E-state index is 11.6. The first-order chi connectivity index (χ1) is 8.67. The molecule has 0 atom stereocenters. The highest BCUT2D eigenvalue weighted by Crippen LogP contribution is 2.12. The predicted molar refractivity (Wildman–Crippen MR) is 67.5 cm³/mol. The fourth-order valence-electron chi connectivity index (χ4n) is 1.44. The summed E-state index contributed by atoms with van der Waals surface area (Å²) < 4.78 is 9.47. The number of esters is 1. The normalized spacial score (nSPS) is 9.89. The molecule has 5 nitrogen and oxygen atoms in total. The van der Waals surface area contributed by atoms with E-state index in [1.807, 2.05) is 0 Å². The van der Waals surface area contributed by atoms with E-state index in [1.165, 1.54) is 7.11 Å². The van der Waals surface area contributed by atoms with Gasteiger partial charge in [0.05, 0.1) is 12.7 Å². The van der Waals surface area contributed by atoms with Crippen LogP contribution < -0.4 is 5.32 Å². The minimum absolute atomic E-state index is 0.103. The molecule has 1 aromatic rings. The summed E-state index contributed by atoms with van der Waals surface area (Å²) in [6, 6.07) is 6.63. The number of methoxy groups -OCH3 is 2. The molecule has 0 heterocycles. The number of hydrogen-bond donors (Lipinski definition) is 1. The Balaban J connectivity index is 2.56. The molecule has 1 amide bonds. The summed E-state index contributed by atoms with van der Waals surface area (Å²) in [6.45, 7) is 0.551. The van der Waals surface area contributed by atoms with Crippen LogP contribution in [0.4, 0.5) is 5.69 Å². The highest BCUT2D eigenvalue weighted by molar-refractivity contribution is 5.94. The van der Waals surface area contributed by atoms with Crippen molar-refractivity contribution in [2.24, 2.45) is 0 Å². The average molecular weight is 251 g/mol. The Morgan fingerprint density at radius 1 is 1.28 bits per heavy atom. The third kappa shape index (κ3) is 4.55. The van der Waals surface area contributed by atoms with Gasteiger partial charge in [0.1, 0.15) is 0 Å². The lowest BCUT2D eigenvalue weighted by molar-refractivity contribution is -0.116. The van der Waals surface area contributed by atoms with Gasteiger partial charge < -0.3 is 14.8 Å². The van der Waals surface area contributed by atoms with E-state index in [4.69, 9.17) is 4.74 Å². The first-order valence-corrected chi connectivity index (χ1v) is 5.64. The second kappa shape index (κ2) is 7.45. The molecule has 0 aromatic heterocycles. The van der Waals surface area contributed by atoms with Crippen LogP contribution in [0.1, 0.15) is 23.2 Å². The largest absolute Gasteiger partial charge is 0.465 e. The minimum atomic E-state index is -0.425. The smallest absolute Gasteiger partial charge is 0.337 e. The molecular formula is C13H17NO4. The zero-order valence-electron chi connectivity index (χ0n) is 10.6. The number of rotatable bonds is 6. The molecule has 1 N–H and O–H groups in total. The molecule has 98 valence electrons. The van der Waals surface area contributed by atoms with Crippen molar-refractivity contribution in [3.05, 3.63) is 29.8 Å². The minimum Gasteiger partial charge on any atom is -0.465 e. The monoisotopic (exact) mass is 251 g/mol. The maximum atomic E-state index is 11.6. The van der Waals surface area contributed by atoms with Gasteiger partial charge in [-0.15, -0.1) is 0 Å². The van der Waals surface area contributed by atoms with Crippen LogP contribution in [-0.4, -0.2) is 32.7 Å². The highest BCUT2D eigenvalue weighted by atomic mass is 16.5. The molecule has 0 aliphatic carbocycles. The van der Waals surface area contributed by atoms with Crippen LogP contribution in [0, 0.1) is 0 Å². The fraction of sp³-hybridized carbons (Fsp3) is 0.385. The molecule has 0 radical (unpaired) electrons. The van der Waals surface area contributed by atoms with Crippen LogP contribution >= 0.6 is 0 Å². The van der Waals surface area contributed by atoms with Crippen LogP contribution in [0.3, 0.4) is 0 Å². The summed E-state index contributed by atoms with van der Waals surface area (Å²) in [6.07, 6.45) is 1.05. The number of benzene rings is 1. The van der Waals surface area contributed by atoms with Crippen molar-refractivity contribution in [1.29, 1.82) is 0 Å². The standard InChI is InChI=1S/C13H17NO4/c1-17-8-4-7-12(15)14-11-6-3-5-10(9-11)13(16)18-2/h3,5-6,9H,4,7-8H2,1-2H3,(H,14,15). The van der Waals surface area contributed by atoms with Gasteiger partial charge in [0, 0.05) is 25.8 Å². The van der Waals surface area contributed by atoms with E-state index < -0.39 is 5.97 Å². The summed E-state index contributed by atoms with van der Waals surface area (Å²) in [7, 11) is 2.91. The topological polar surface area (TPSA) is 64.6 Å². The number of hydrogen-bond acceptors (Lipinski definition) is 4. The van der Waals surface area contributed by atoms with Crippen molar-refractivity contribution in [1.82, 2.24) is 0 Å². The number of nitrogens with one attached hydrogen (secondary N) is 1. The molecule has 18 heavy (non-hydrogen) atoms. The van der Waals surface area contributed by atoms with E-state index in [9.17, 15) is 9.59 Å². The lowest BCUT2D eigenvalue weighted by Crippen LogP contribution is -2.12. The van der Waals surface area contributed by atoms with Crippen molar-refractivity contribution in [2.45, 2.75) is 12.8 Å². The van der Waals surface area contributed by atoms with Crippen molar-refractivity contribution in [3.8, 4) is 0 Å². The molecule has 1 rings (SSSR count). The zero-order chi connectivity index (χ0) is 13.4.